The molecule has 1 aromatic rings. The minimum absolute atomic E-state index is 0.0590. The third-order valence-corrected chi connectivity index (χ3v) is 2.61. The van der Waals surface area contributed by atoms with Gasteiger partial charge in [0.15, 0.2) is 0 Å². The van der Waals surface area contributed by atoms with E-state index in [0.29, 0.717) is 12.1 Å². The summed E-state index contributed by atoms with van der Waals surface area (Å²) in [6.07, 6.45) is 0. The van der Waals surface area contributed by atoms with Gasteiger partial charge in [-0.05, 0) is 31.5 Å². The van der Waals surface area contributed by atoms with Crippen molar-refractivity contribution in [1.82, 2.24) is 5.32 Å². The van der Waals surface area contributed by atoms with Crippen LogP contribution >= 0.6 is 0 Å². The van der Waals surface area contributed by atoms with E-state index < -0.39 is 0 Å². The first kappa shape index (κ1) is 13.0. The van der Waals surface area contributed by atoms with E-state index in [-0.39, 0.29) is 12.5 Å². The number of hydrogen-bond acceptors (Lipinski definition) is 3. The van der Waals surface area contributed by atoms with Crippen molar-refractivity contribution in [2.75, 3.05) is 25.0 Å². The minimum atomic E-state index is -0.0590. The zero-order valence-electron chi connectivity index (χ0n) is 10.4. The number of hydrogen-bond donors (Lipinski definition) is 1. The van der Waals surface area contributed by atoms with Crippen LogP contribution in [0.15, 0.2) is 18.2 Å². The third-order valence-electron chi connectivity index (χ3n) is 2.61. The topological polar surface area (TPSA) is 56.1 Å². The van der Waals surface area contributed by atoms with E-state index in [0.717, 1.165) is 11.3 Å². The van der Waals surface area contributed by atoms with Crippen LogP contribution in [-0.4, -0.2) is 26.0 Å². The fourth-order valence-electron chi connectivity index (χ4n) is 1.63. The number of likely N-dealkylation sites (N-methyl/N-ethyl adjacent to an activating group) is 2. The fourth-order valence-corrected chi connectivity index (χ4v) is 1.63. The summed E-state index contributed by atoms with van der Waals surface area (Å²) < 4.78 is 0. The number of aryl methyl sites for hydroxylation is 1. The highest BCUT2D eigenvalue weighted by atomic mass is 16.1. The van der Waals surface area contributed by atoms with Crippen molar-refractivity contribution in [3.05, 3.63) is 29.3 Å². The Hall–Kier alpha value is -2.02. The van der Waals surface area contributed by atoms with Crippen molar-refractivity contribution >= 4 is 11.6 Å². The van der Waals surface area contributed by atoms with Crippen molar-refractivity contribution in [2.45, 2.75) is 13.8 Å². The molecule has 1 N–H and O–H groups in total. The Kier molecular flexibility index (Phi) is 4.53. The Balaban J connectivity index is 3.04. The first-order valence-corrected chi connectivity index (χ1v) is 5.58. The van der Waals surface area contributed by atoms with Crippen LogP contribution in [0.5, 0.6) is 0 Å². The molecule has 17 heavy (non-hydrogen) atoms. The van der Waals surface area contributed by atoms with Gasteiger partial charge in [0.2, 0.25) is 5.91 Å². The molecule has 1 aromatic carbocycles. The molecule has 0 radical (unpaired) electrons. The second-order valence-electron chi connectivity index (χ2n) is 3.82. The number of carbonyl (C=O) groups is 1. The van der Waals surface area contributed by atoms with Crippen LogP contribution < -0.4 is 10.2 Å². The Bertz CT molecular complexity index is 448. The van der Waals surface area contributed by atoms with E-state index in [1.807, 2.05) is 36.9 Å². The highest BCUT2D eigenvalue weighted by Gasteiger charge is 2.12. The van der Waals surface area contributed by atoms with Gasteiger partial charge in [-0.2, -0.15) is 5.26 Å². The predicted molar refractivity (Wildman–Crippen MR) is 67.8 cm³/mol. The first-order chi connectivity index (χ1) is 8.12. The highest BCUT2D eigenvalue weighted by molar-refractivity contribution is 5.81. The standard InChI is InChI=1S/C13H17N3O/c1-4-16(9-13(17)15-3)12-6-5-10(2)7-11(12)8-14/h5-7H,4,9H2,1-3H3,(H,15,17). The first-order valence-electron chi connectivity index (χ1n) is 5.58. The summed E-state index contributed by atoms with van der Waals surface area (Å²) in [5.74, 6) is -0.0590. The molecule has 0 aliphatic rings. The quantitative estimate of drug-likeness (QED) is 0.853. The molecule has 1 rings (SSSR count). The molecule has 0 spiro atoms. The molecular weight excluding hydrogens is 214 g/mol. The Labute approximate surface area is 102 Å². The van der Waals surface area contributed by atoms with E-state index in [1.165, 1.54) is 0 Å². The molecule has 0 saturated carbocycles. The minimum Gasteiger partial charge on any atom is -0.361 e. The predicted octanol–water partition coefficient (Wildman–Crippen LogP) is 1.44. The summed E-state index contributed by atoms with van der Waals surface area (Å²) in [7, 11) is 1.61. The molecule has 0 unspecified atom stereocenters. The molecule has 0 aliphatic heterocycles. The van der Waals surface area contributed by atoms with Gasteiger partial charge in [-0.3, -0.25) is 4.79 Å². The summed E-state index contributed by atoms with van der Waals surface area (Å²) in [5.41, 5.74) is 2.46. The van der Waals surface area contributed by atoms with Gasteiger partial charge < -0.3 is 10.2 Å². The summed E-state index contributed by atoms with van der Waals surface area (Å²) in [4.78, 5) is 13.3. The van der Waals surface area contributed by atoms with E-state index >= 15 is 0 Å². The number of carbonyl (C=O) groups excluding carboxylic acids is 1. The zero-order valence-corrected chi connectivity index (χ0v) is 10.4. The van der Waals surface area contributed by atoms with Gasteiger partial charge >= 0.3 is 0 Å². The van der Waals surface area contributed by atoms with Crippen LogP contribution in [0.25, 0.3) is 0 Å². The zero-order chi connectivity index (χ0) is 12.8. The van der Waals surface area contributed by atoms with Gasteiger partial charge in [-0.1, -0.05) is 6.07 Å². The van der Waals surface area contributed by atoms with Gasteiger partial charge in [-0.15, -0.1) is 0 Å². The largest absolute Gasteiger partial charge is 0.361 e. The lowest BCUT2D eigenvalue weighted by Gasteiger charge is -2.23. The van der Waals surface area contributed by atoms with Gasteiger partial charge in [-0.25, -0.2) is 0 Å². The molecule has 0 aliphatic carbocycles. The summed E-state index contributed by atoms with van der Waals surface area (Å²) in [5, 5.41) is 11.7. The second kappa shape index (κ2) is 5.90. The molecule has 4 nitrogen and oxygen atoms in total. The molecule has 0 aromatic heterocycles. The molecule has 4 heteroatoms. The normalized spacial score (nSPS) is 9.53. The van der Waals surface area contributed by atoms with Crippen LogP contribution in [0.3, 0.4) is 0 Å². The Morgan fingerprint density at radius 2 is 2.24 bits per heavy atom. The Morgan fingerprint density at radius 1 is 1.53 bits per heavy atom. The van der Waals surface area contributed by atoms with Gasteiger partial charge in [0, 0.05) is 13.6 Å². The number of anilines is 1. The molecule has 0 saturated heterocycles. The van der Waals surface area contributed by atoms with E-state index in [2.05, 4.69) is 11.4 Å². The van der Waals surface area contributed by atoms with Crippen molar-refractivity contribution in [2.24, 2.45) is 0 Å². The number of nitrogens with zero attached hydrogens (tertiary/aromatic N) is 2. The van der Waals surface area contributed by atoms with E-state index in [1.54, 1.807) is 7.05 Å². The molecule has 0 bridgehead atoms. The Morgan fingerprint density at radius 3 is 2.76 bits per heavy atom. The summed E-state index contributed by atoms with van der Waals surface area (Å²) in [6, 6.07) is 7.84. The van der Waals surface area contributed by atoms with Crippen LogP contribution in [0.4, 0.5) is 5.69 Å². The molecular formula is C13H17N3O. The number of benzene rings is 1. The average Bonchev–Trinajstić information content (AvgIpc) is 2.35. The third kappa shape index (κ3) is 3.22. The van der Waals surface area contributed by atoms with Gasteiger partial charge in [0.1, 0.15) is 6.07 Å². The van der Waals surface area contributed by atoms with E-state index in [4.69, 9.17) is 5.26 Å². The molecule has 0 fully saturated rings. The summed E-state index contributed by atoms with van der Waals surface area (Å²) in [6.45, 7) is 4.86. The maximum Gasteiger partial charge on any atom is 0.239 e. The summed E-state index contributed by atoms with van der Waals surface area (Å²) >= 11 is 0. The molecule has 0 atom stereocenters. The van der Waals surface area contributed by atoms with Gasteiger partial charge in [0.05, 0.1) is 17.8 Å². The average molecular weight is 231 g/mol. The van der Waals surface area contributed by atoms with Crippen LogP contribution in [0.2, 0.25) is 0 Å². The van der Waals surface area contributed by atoms with Crippen molar-refractivity contribution in [1.29, 1.82) is 5.26 Å². The van der Waals surface area contributed by atoms with Gasteiger partial charge in [0.25, 0.3) is 0 Å². The van der Waals surface area contributed by atoms with Crippen LogP contribution in [0.1, 0.15) is 18.1 Å². The molecule has 90 valence electrons. The maximum absolute atomic E-state index is 11.4. The lowest BCUT2D eigenvalue weighted by atomic mass is 10.1. The lowest BCUT2D eigenvalue weighted by molar-refractivity contribution is -0.119. The number of amides is 1. The number of nitriles is 1. The van der Waals surface area contributed by atoms with E-state index in [9.17, 15) is 4.79 Å². The molecule has 0 heterocycles. The monoisotopic (exact) mass is 231 g/mol. The van der Waals surface area contributed by atoms with Crippen LogP contribution in [0, 0.1) is 18.3 Å². The smallest absolute Gasteiger partial charge is 0.239 e. The second-order valence-corrected chi connectivity index (χ2v) is 3.82. The number of rotatable bonds is 4. The lowest BCUT2D eigenvalue weighted by Crippen LogP contribution is -2.35. The number of nitrogens with one attached hydrogen (secondary N) is 1. The van der Waals surface area contributed by atoms with Crippen molar-refractivity contribution in [3.63, 3.8) is 0 Å². The molecule has 1 amide bonds. The fraction of sp³-hybridized carbons (Fsp3) is 0.385. The van der Waals surface area contributed by atoms with Crippen molar-refractivity contribution < 1.29 is 4.79 Å². The van der Waals surface area contributed by atoms with Crippen molar-refractivity contribution in [3.8, 4) is 6.07 Å². The highest BCUT2D eigenvalue weighted by Crippen LogP contribution is 2.20. The SMILES string of the molecule is CCN(CC(=O)NC)c1ccc(C)cc1C#N. The maximum atomic E-state index is 11.4. The van der Waals surface area contributed by atoms with Crippen LogP contribution in [-0.2, 0) is 4.79 Å².